The molecule has 1 atom stereocenters. The van der Waals surface area contributed by atoms with Crippen LogP contribution in [0.4, 0.5) is 32.3 Å². The van der Waals surface area contributed by atoms with Crippen molar-refractivity contribution in [3.8, 4) is 17.0 Å². The van der Waals surface area contributed by atoms with E-state index < -0.39 is 61.8 Å². The average Bonchev–Trinajstić information content (AvgIpc) is 3.37. The number of nitrogens with zero attached hydrogens (tertiary/aromatic N) is 7. The van der Waals surface area contributed by atoms with Crippen LogP contribution in [0.25, 0.3) is 27.7 Å². The van der Waals surface area contributed by atoms with Gasteiger partial charge in [-0.1, -0.05) is 11.3 Å². The Morgan fingerprint density at radius 2 is 2.13 bits per heavy atom. The highest BCUT2D eigenvalue weighted by Gasteiger charge is 2.46. The molecule has 0 bridgehead atoms. The molecule has 0 saturated carbocycles. The molecule has 38 heavy (non-hydrogen) atoms. The van der Waals surface area contributed by atoms with Gasteiger partial charge >= 0.3 is 6.18 Å². The number of hydrogen-bond acceptors (Lipinski definition) is 7. The van der Waals surface area contributed by atoms with Crippen LogP contribution in [0, 0.1) is 5.82 Å². The van der Waals surface area contributed by atoms with E-state index in [1.165, 1.54) is 18.2 Å². The molecule has 10 nitrogen and oxygen atoms in total. The fourth-order valence-corrected chi connectivity index (χ4v) is 4.38. The molecule has 0 aliphatic carbocycles. The number of ether oxygens (including phenoxy) is 1. The highest BCUT2D eigenvalue weighted by atomic mass is 19.4. The Bertz CT molecular complexity index is 1640. The molecular formula is C22H20F6N8O2. The van der Waals surface area contributed by atoms with Crippen molar-refractivity contribution in [3.63, 3.8) is 0 Å². The summed E-state index contributed by atoms with van der Waals surface area (Å²) >= 11 is 0. The Labute approximate surface area is 214 Å². The van der Waals surface area contributed by atoms with Crippen molar-refractivity contribution in [3.05, 3.63) is 30.2 Å². The fourth-order valence-electron chi connectivity index (χ4n) is 4.38. The van der Waals surface area contributed by atoms with Crippen LogP contribution in [0.2, 0.25) is 0 Å². The maximum Gasteiger partial charge on any atom is 0.408 e. The van der Waals surface area contributed by atoms with Crippen molar-refractivity contribution < 1.29 is 40.0 Å². The molecule has 1 fully saturated rings. The summed E-state index contributed by atoms with van der Waals surface area (Å²) in [7, 11) is -3.11. The molecule has 1 aliphatic heterocycles. The number of fused-ring (bicyclic) bond motifs is 2. The topological polar surface area (TPSA) is 102 Å². The Balaban J connectivity index is 1.59. The number of carbonyl (C=O) groups excluding carboxylic acids is 1. The fraction of sp³-hybridized carbons (Fsp3) is 0.409. The van der Waals surface area contributed by atoms with Gasteiger partial charge in [0, 0.05) is 13.5 Å². The minimum absolute atomic E-state index is 0.00795. The standard InChI is InChI=1S/C22H20F6N8O2/c1-11(37)34-6-5-16(21(24,25)9-34)29-20-30-19(38-2)18-17(13(23)8-35(18)32-20)12-3-4-14-15(7-12)36(33-31-14)10-22(26,27)28/h3-4,7-8,16H,5-6,9-10H2,1-2H3,(H,29,32)/t16-/m1/s1/i2D3. The van der Waals surface area contributed by atoms with Gasteiger partial charge < -0.3 is 15.0 Å². The first-order valence-corrected chi connectivity index (χ1v) is 11.1. The molecule has 202 valence electrons. The zero-order valence-corrected chi connectivity index (χ0v) is 19.4. The van der Waals surface area contributed by atoms with Gasteiger partial charge in [0.1, 0.15) is 17.6 Å². The van der Waals surface area contributed by atoms with Crippen molar-refractivity contribution >= 4 is 28.4 Å². The predicted molar refractivity (Wildman–Crippen MR) is 121 cm³/mol. The minimum atomic E-state index is -4.62. The molecule has 0 spiro atoms. The first-order valence-electron chi connectivity index (χ1n) is 12.6. The second kappa shape index (κ2) is 9.02. The lowest BCUT2D eigenvalue weighted by atomic mass is 10.0. The van der Waals surface area contributed by atoms with Crippen LogP contribution in [0.5, 0.6) is 5.88 Å². The van der Waals surface area contributed by atoms with E-state index >= 15 is 4.39 Å². The first-order chi connectivity index (χ1) is 19.0. The number of aromatic nitrogens is 6. The number of methoxy groups -OCH3 is 1. The highest BCUT2D eigenvalue weighted by molar-refractivity contribution is 5.89. The van der Waals surface area contributed by atoms with Crippen LogP contribution < -0.4 is 10.1 Å². The maximum absolute atomic E-state index is 15.4. The Morgan fingerprint density at radius 3 is 2.82 bits per heavy atom. The van der Waals surface area contributed by atoms with Crippen molar-refractivity contribution in [2.45, 2.75) is 38.0 Å². The van der Waals surface area contributed by atoms with Gasteiger partial charge in [0.15, 0.2) is 5.82 Å². The van der Waals surface area contributed by atoms with Crippen LogP contribution in [0.3, 0.4) is 0 Å². The zero-order valence-electron chi connectivity index (χ0n) is 22.4. The number of halogens is 6. The van der Waals surface area contributed by atoms with E-state index in [2.05, 4.69) is 25.7 Å². The molecule has 16 heteroatoms. The van der Waals surface area contributed by atoms with Crippen LogP contribution in [-0.2, 0) is 11.3 Å². The third-order valence-electron chi connectivity index (χ3n) is 6.13. The molecule has 0 radical (unpaired) electrons. The first kappa shape index (κ1) is 21.9. The van der Waals surface area contributed by atoms with Gasteiger partial charge in [0.05, 0.1) is 41.0 Å². The number of anilines is 1. The highest BCUT2D eigenvalue weighted by Crippen LogP contribution is 2.36. The molecule has 5 rings (SSSR count). The summed E-state index contributed by atoms with van der Waals surface area (Å²) in [5.74, 6) is -6.14. The number of piperidine rings is 1. The number of rotatable bonds is 5. The smallest absolute Gasteiger partial charge is 0.408 e. The van der Waals surface area contributed by atoms with E-state index in [4.69, 9.17) is 8.85 Å². The lowest BCUT2D eigenvalue weighted by molar-refractivity contribution is -0.142. The second-order valence-corrected chi connectivity index (χ2v) is 8.74. The van der Waals surface area contributed by atoms with Crippen LogP contribution in [0.15, 0.2) is 24.4 Å². The number of nitrogens with one attached hydrogen (secondary N) is 1. The largest absolute Gasteiger partial charge is 0.479 e. The number of benzene rings is 1. The summed E-state index contributed by atoms with van der Waals surface area (Å²) in [6.07, 6.45) is -4.01. The van der Waals surface area contributed by atoms with Crippen LogP contribution in [-0.4, -0.2) is 78.7 Å². The predicted octanol–water partition coefficient (Wildman–Crippen LogP) is 3.52. The number of alkyl halides is 5. The van der Waals surface area contributed by atoms with Gasteiger partial charge in [-0.2, -0.15) is 18.2 Å². The maximum atomic E-state index is 15.4. The molecule has 1 saturated heterocycles. The molecule has 1 N–H and O–H groups in total. The number of amides is 1. The Morgan fingerprint density at radius 1 is 1.34 bits per heavy atom. The van der Waals surface area contributed by atoms with E-state index in [1.54, 1.807) is 0 Å². The minimum Gasteiger partial charge on any atom is -0.479 e. The lowest BCUT2D eigenvalue weighted by Gasteiger charge is -2.38. The van der Waals surface area contributed by atoms with Gasteiger partial charge in [-0.3, -0.25) is 4.79 Å². The zero-order chi connectivity index (χ0) is 29.9. The van der Waals surface area contributed by atoms with Gasteiger partial charge in [-0.25, -0.2) is 22.4 Å². The molecule has 4 heterocycles. The van der Waals surface area contributed by atoms with Crippen molar-refractivity contribution in [2.75, 3.05) is 25.4 Å². The summed E-state index contributed by atoms with van der Waals surface area (Å²) in [6.45, 7) is -1.16. The summed E-state index contributed by atoms with van der Waals surface area (Å²) in [5, 5.41) is 13.6. The van der Waals surface area contributed by atoms with E-state index in [-0.39, 0.29) is 40.6 Å². The second-order valence-electron chi connectivity index (χ2n) is 8.74. The normalized spacial score (nSPS) is 19.3. The summed E-state index contributed by atoms with van der Waals surface area (Å²) in [4.78, 5) is 16.5. The number of hydrogen-bond donors (Lipinski definition) is 1. The SMILES string of the molecule is [2H]C([2H])([2H])Oc1nc(N[C@@H]2CCN(C(C)=O)CC2(F)F)nn2cc(F)c(-c3ccc4nnn(CC(F)(F)F)c4c3)c12. The van der Waals surface area contributed by atoms with E-state index in [0.717, 1.165) is 22.5 Å². The van der Waals surface area contributed by atoms with E-state index in [0.29, 0.717) is 4.68 Å². The number of likely N-dealkylation sites (tertiary alicyclic amines) is 1. The third-order valence-corrected chi connectivity index (χ3v) is 6.13. The number of carbonyl (C=O) groups is 1. The van der Waals surface area contributed by atoms with Gasteiger partial charge in [0.2, 0.25) is 17.7 Å². The van der Waals surface area contributed by atoms with E-state index in [9.17, 15) is 26.7 Å². The molecule has 0 unspecified atom stereocenters. The van der Waals surface area contributed by atoms with Crippen molar-refractivity contribution in [2.24, 2.45) is 0 Å². The molecular weight excluding hydrogens is 522 g/mol. The monoisotopic (exact) mass is 545 g/mol. The summed E-state index contributed by atoms with van der Waals surface area (Å²) < 4.78 is 113. The average molecular weight is 545 g/mol. The molecule has 4 aromatic rings. The molecule has 1 amide bonds. The van der Waals surface area contributed by atoms with Crippen molar-refractivity contribution in [1.82, 2.24) is 34.5 Å². The van der Waals surface area contributed by atoms with Crippen molar-refractivity contribution in [1.29, 1.82) is 0 Å². The Kier molecular flexibility index (Phi) is 5.21. The summed E-state index contributed by atoms with van der Waals surface area (Å²) in [6, 6.07) is 2.24. The lowest BCUT2D eigenvalue weighted by Crippen LogP contribution is -2.55. The Hall–Kier alpha value is -4.11. The molecule has 1 aromatic carbocycles. The van der Waals surface area contributed by atoms with Gasteiger partial charge in [-0.05, 0) is 24.1 Å². The molecule has 3 aromatic heterocycles. The van der Waals surface area contributed by atoms with Gasteiger partial charge in [0.25, 0.3) is 5.92 Å². The third kappa shape index (κ3) is 4.65. The quantitative estimate of drug-likeness (QED) is 0.383. The summed E-state index contributed by atoms with van der Waals surface area (Å²) in [5.41, 5.74) is -0.657. The molecule has 1 aliphatic rings. The van der Waals surface area contributed by atoms with E-state index in [1.807, 2.05) is 0 Å². The van der Waals surface area contributed by atoms with Gasteiger partial charge in [-0.15, -0.1) is 10.2 Å². The van der Waals surface area contributed by atoms with Crippen LogP contribution in [0.1, 0.15) is 17.5 Å². The van der Waals surface area contributed by atoms with Crippen LogP contribution >= 0.6 is 0 Å².